The summed E-state index contributed by atoms with van der Waals surface area (Å²) in [5, 5.41) is 24.6. The Bertz CT molecular complexity index is 968. The summed E-state index contributed by atoms with van der Waals surface area (Å²) in [6, 6.07) is -0.753. The van der Waals surface area contributed by atoms with Crippen molar-refractivity contribution in [1.29, 1.82) is 0 Å². The Hall–Kier alpha value is -2.15. The van der Waals surface area contributed by atoms with Crippen LogP contribution in [0.4, 0.5) is 0 Å². The fraction of sp³-hybridized carbons (Fsp3) is 0.741. The summed E-state index contributed by atoms with van der Waals surface area (Å²) in [6.45, 7) is 6.92. The van der Waals surface area contributed by atoms with Gasteiger partial charge in [-0.15, -0.1) is 0 Å². The van der Waals surface area contributed by atoms with Gasteiger partial charge in [-0.2, -0.15) is 0 Å². The van der Waals surface area contributed by atoms with E-state index in [2.05, 4.69) is 31.2 Å². The monoisotopic (exact) mass is 470 g/mol. The highest BCUT2D eigenvalue weighted by molar-refractivity contribution is 6.05. The number of rotatable bonds is 4. The first-order valence-corrected chi connectivity index (χ1v) is 12.9. The van der Waals surface area contributed by atoms with Gasteiger partial charge >= 0.3 is 5.97 Å². The molecule has 0 bridgehead atoms. The number of allylic oxidation sites excluding steroid dienone is 4. The molecule has 186 valence electrons. The molecule has 0 aromatic heterocycles. The molecule has 4 aliphatic carbocycles. The largest absolute Gasteiger partial charge is 0.480 e. The number of carboxylic acid groups (broad SMARTS) is 1. The number of carbonyl (C=O) groups excluding carboxylic acids is 1. The summed E-state index contributed by atoms with van der Waals surface area (Å²) >= 11 is 0. The topological polar surface area (TPSA) is 99.4 Å². The molecule has 1 saturated heterocycles. The van der Waals surface area contributed by atoms with E-state index in [1.807, 2.05) is 13.0 Å². The highest BCUT2D eigenvalue weighted by Gasteiger charge is 2.62. The maximum atomic E-state index is 12.4. The second-order valence-corrected chi connectivity index (χ2v) is 11.8. The van der Waals surface area contributed by atoms with Crippen molar-refractivity contribution in [2.24, 2.45) is 33.7 Å². The van der Waals surface area contributed by atoms with Gasteiger partial charge in [0.05, 0.1) is 5.60 Å². The van der Waals surface area contributed by atoms with Crippen molar-refractivity contribution in [3.8, 4) is 0 Å². The fourth-order valence-electron chi connectivity index (χ4n) is 8.07. The van der Waals surface area contributed by atoms with Crippen molar-refractivity contribution in [2.45, 2.75) is 83.8 Å². The first kappa shape index (κ1) is 23.6. The molecule has 0 aromatic carbocycles. The minimum atomic E-state index is -0.962. The van der Waals surface area contributed by atoms with Gasteiger partial charge in [-0.1, -0.05) is 30.7 Å². The molecule has 1 aliphatic heterocycles. The number of fused-ring (bicyclic) bond motifs is 5. The second kappa shape index (κ2) is 8.21. The lowest BCUT2D eigenvalue weighted by Crippen LogP contribution is -2.53. The number of carbonyl (C=O) groups is 2. The van der Waals surface area contributed by atoms with Crippen LogP contribution in [0.25, 0.3) is 0 Å². The van der Waals surface area contributed by atoms with Gasteiger partial charge in [0.15, 0.2) is 6.61 Å². The average Bonchev–Trinajstić information content (AvgIpc) is 3.37. The molecular weight excluding hydrogens is 432 g/mol. The number of hydrogen-bond donors (Lipinski definition) is 2. The summed E-state index contributed by atoms with van der Waals surface area (Å²) in [7, 11) is 0. The van der Waals surface area contributed by atoms with Gasteiger partial charge in [-0.3, -0.25) is 4.79 Å². The summed E-state index contributed by atoms with van der Waals surface area (Å²) in [5.74, 6) is 0.496. The minimum Gasteiger partial charge on any atom is -0.480 e. The molecule has 0 aromatic rings. The van der Waals surface area contributed by atoms with E-state index in [-0.39, 0.29) is 23.3 Å². The van der Waals surface area contributed by atoms with Crippen LogP contribution in [0.15, 0.2) is 29.0 Å². The number of oxime groups is 1. The lowest BCUT2D eigenvalue weighted by Gasteiger charge is -2.58. The Morgan fingerprint density at radius 2 is 1.91 bits per heavy atom. The number of nitrogens with zero attached hydrogens (tertiary/aromatic N) is 2. The van der Waals surface area contributed by atoms with Crippen molar-refractivity contribution in [3.05, 3.63) is 23.8 Å². The Morgan fingerprint density at radius 1 is 1.15 bits per heavy atom. The molecule has 5 rings (SSSR count). The summed E-state index contributed by atoms with van der Waals surface area (Å²) < 4.78 is 0. The van der Waals surface area contributed by atoms with Crippen molar-refractivity contribution < 1.29 is 24.6 Å². The standard InChI is InChI=1S/C27H38N2O5/c1-25-11-8-18(28-34-16-23(30)29-14-4-5-22(29)24(31)32)15-17(25)6-7-19-20(25)9-12-26(2)21(19)10-13-27(26,3)33/h8,11,15,19-22,33H,4-7,9-10,12-14,16H2,1-3H3,(H,31,32)/t19-,20+,21+,22?,25+,26+,27+/m1/s1. The van der Waals surface area contributed by atoms with E-state index >= 15 is 0 Å². The molecule has 2 N–H and O–H groups in total. The van der Waals surface area contributed by atoms with Crippen molar-refractivity contribution >= 4 is 17.6 Å². The average molecular weight is 471 g/mol. The highest BCUT2D eigenvalue weighted by atomic mass is 16.6. The first-order valence-electron chi connectivity index (χ1n) is 12.9. The number of aliphatic carboxylic acids is 1. The lowest BCUT2D eigenvalue weighted by atomic mass is 9.47. The third-order valence-electron chi connectivity index (χ3n) is 10.3. The van der Waals surface area contributed by atoms with Crippen LogP contribution in [-0.2, 0) is 14.4 Å². The molecule has 0 radical (unpaired) electrons. The molecule has 7 nitrogen and oxygen atoms in total. The Kier molecular flexibility index (Phi) is 5.70. The molecule has 1 amide bonds. The zero-order valence-electron chi connectivity index (χ0n) is 20.6. The molecule has 5 aliphatic rings. The third kappa shape index (κ3) is 3.53. The van der Waals surface area contributed by atoms with E-state index in [1.54, 1.807) is 0 Å². The van der Waals surface area contributed by atoms with Crippen molar-refractivity contribution in [2.75, 3.05) is 13.2 Å². The van der Waals surface area contributed by atoms with Crippen LogP contribution in [0.2, 0.25) is 0 Å². The van der Waals surface area contributed by atoms with Crippen LogP contribution in [0.3, 0.4) is 0 Å². The van der Waals surface area contributed by atoms with E-state index in [0.717, 1.165) is 38.5 Å². The van der Waals surface area contributed by atoms with Crippen LogP contribution in [0, 0.1) is 28.6 Å². The van der Waals surface area contributed by atoms with Crippen LogP contribution in [0.5, 0.6) is 0 Å². The lowest BCUT2D eigenvalue weighted by molar-refractivity contribution is -0.150. The molecule has 7 atom stereocenters. The zero-order valence-corrected chi connectivity index (χ0v) is 20.6. The van der Waals surface area contributed by atoms with Crippen LogP contribution < -0.4 is 0 Å². The SMILES string of the molecule is C[C@]12C=CC(=NOCC(=O)N3CCCC3C(=O)O)C=C1CC[C@@H]1[C@@H]2CC[C@@]2(C)[C@H]1CC[C@]2(C)O. The van der Waals surface area contributed by atoms with E-state index < -0.39 is 17.6 Å². The zero-order chi connectivity index (χ0) is 24.3. The summed E-state index contributed by atoms with van der Waals surface area (Å²) in [4.78, 5) is 30.5. The summed E-state index contributed by atoms with van der Waals surface area (Å²) in [5.41, 5.74) is 1.54. The molecule has 7 heteroatoms. The normalized spacial score (nSPS) is 44.3. The fourth-order valence-corrected chi connectivity index (χ4v) is 8.07. The van der Waals surface area contributed by atoms with Gasteiger partial charge in [0.1, 0.15) is 11.8 Å². The predicted molar refractivity (Wildman–Crippen MR) is 128 cm³/mol. The van der Waals surface area contributed by atoms with Gasteiger partial charge in [-0.25, -0.2) is 4.79 Å². The quantitative estimate of drug-likeness (QED) is 0.607. The molecule has 3 saturated carbocycles. The smallest absolute Gasteiger partial charge is 0.326 e. The molecule has 1 unspecified atom stereocenters. The molecule has 1 heterocycles. The van der Waals surface area contributed by atoms with Gasteiger partial charge in [0.2, 0.25) is 0 Å². The number of amides is 1. The number of carboxylic acids is 1. The van der Waals surface area contributed by atoms with Gasteiger partial charge in [0.25, 0.3) is 5.91 Å². The van der Waals surface area contributed by atoms with Crippen molar-refractivity contribution in [3.63, 3.8) is 0 Å². The number of aliphatic hydroxyl groups is 1. The summed E-state index contributed by atoms with van der Waals surface area (Å²) in [6.07, 6.45) is 14.0. The Labute approximate surface area is 201 Å². The van der Waals surface area contributed by atoms with E-state index in [9.17, 15) is 19.8 Å². The molecule has 34 heavy (non-hydrogen) atoms. The molecular formula is C27H38N2O5. The van der Waals surface area contributed by atoms with Gasteiger partial charge < -0.3 is 20.0 Å². The Morgan fingerprint density at radius 3 is 2.68 bits per heavy atom. The van der Waals surface area contributed by atoms with Crippen LogP contribution in [0.1, 0.15) is 72.1 Å². The molecule has 4 fully saturated rings. The van der Waals surface area contributed by atoms with E-state index in [0.29, 0.717) is 42.9 Å². The van der Waals surface area contributed by atoms with Crippen molar-refractivity contribution in [1.82, 2.24) is 4.90 Å². The molecule has 0 spiro atoms. The van der Waals surface area contributed by atoms with Crippen LogP contribution in [-0.4, -0.2) is 57.5 Å². The maximum absolute atomic E-state index is 12.4. The van der Waals surface area contributed by atoms with E-state index in [1.165, 1.54) is 10.5 Å². The van der Waals surface area contributed by atoms with Gasteiger partial charge in [0, 0.05) is 12.0 Å². The minimum absolute atomic E-state index is 0.00219. The van der Waals surface area contributed by atoms with Gasteiger partial charge in [-0.05, 0) is 93.6 Å². The number of likely N-dealkylation sites (tertiary alicyclic amines) is 1. The van der Waals surface area contributed by atoms with E-state index in [4.69, 9.17) is 4.84 Å². The second-order valence-electron chi connectivity index (χ2n) is 11.8. The number of hydrogen-bond acceptors (Lipinski definition) is 5. The highest BCUT2D eigenvalue weighted by Crippen LogP contribution is 2.66. The third-order valence-corrected chi connectivity index (χ3v) is 10.3. The first-order chi connectivity index (χ1) is 16.1. The maximum Gasteiger partial charge on any atom is 0.326 e. The predicted octanol–water partition coefficient (Wildman–Crippen LogP) is 3.92. The van der Waals surface area contributed by atoms with Crippen LogP contribution >= 0.6 is 0 Å². The Balaban J connectivity index is 1.25.